The van der Waals surface area contributed by atoms with E-state index in [0.717, 1.165) is 65.3 Å². The highest BCUT2D eigenvalue weighted by Gasteiger charge is 2.29. The number of carbonyl (C=O) groups is 1. The van der Waals surface area contributed by atoms with E-state index in [-0.39, 0.29) is 11.5 Å². The van der Waals surface area contributed by atoms with E-state index < -0.39 is 0 Å². The normalized spacial score (nSPS) is 17.9. The van der Waals surface area contributed by atoms with Gasteiger partial charge in [0.25, 0.3) is 11.5 Å². The van der Waals surface area contributed by atoms with Crippen LogP contribution >= 0.6 is 0 Å². The molecule has 0 spiro atoms. The molecule has 0 bridgehead atoms. The number of hydrogen-bond donors (Lipinski definition) is 1. The molecule has 5 rings (SSSR count). The van der Waals surface area contributed by atoms with Crippen molar-refractivity contribution in [3.05, 3.63) is 81.8 Å². The molecule has 1 aliphatic heterocycles. The SMILES string of the molecule is CNc1ccn(-c2ccnc3c2cc(CN2CCC(c4ncc(C(=O)N(C)C)cc4C)C[C@H]2C)n3C)c(=O)c1. The molecule has 0 aromatic carbocycles. The van der Waals surface area contributed by atoms with E-state index in [0.29, 0.717) is 17.5 Å². The van der Waals surface area contributed by atoms with Gasteiger partial charge in [-0.25, -0.2) is 4.98 Å². The summed E-state index contributed by atoms with van der Waals surface area (Å²) >= 11 is 0. The number of pyridine rings is 3. The first-order chi connectivity index (χ1) is 18.7. The van der Waals surface area contributed by atoms with Gasteiger partial charge < -0.3 is 14.8 Å². The number of fused-ring (bicyclic) bond motifs is 1. The minimum absolute atomic E-state index is 0.0206. The molecule has 1 aliphatic rings. The summed E-state index contributed by atoms with van der Waals surface area (Å²) in [7, 11) is 7.37. The first-order valence-corrected chi connectivity index (χ1v) is 13.4. The molecule has 9 nitrogen and oxygen atoms in total. The van der Waals surface area contributed by atoms with Crippen molar-refractivity contribution in [2.75, 3.05) is 33.0 Å². The van der Waals surface area contributed by atoms with Crippen LogP contribution in [0.5, 0.6) is 0 Å². The summed E-state index contributed by atoms with van der Waals surface area (Å²) in [4.78, 5) is 38.6. The Kier molecular flexibility index (Phi) is 7.27. The van der Waals surface area contributed by atoms with Crippen LogP contribution in [-0.4, -0.2) is 68.5 Å². The zero-order valence-electron chi connectivity index (χ0n) is 23.6. The molecule has 5 heterocycles. The molecule has 0 radical (unpaired) electrons. The van der Waals surface area contributed by atoms with Crippen molar-refractivity contribution in [1.82, 2.24) is 28.9 Å². The van der Waals surface area contributed by atoms with Crippen LogP contribution in [0.3, 0.4) is 0 Å². The summed E-state index contributed by atoms with van der Waals surface area (Å²) in [6, 6.07) is 9.91. The fraction of sp³-hybridized carbons (Fsp3) is 0.400. The number of piperidine rings is 1. The van der Waals surface area contributed by atoms with Gasteiger partial charge in [-0.3, -0.25) is 24.0 Å². The zero-order chi connectivity index (χ0) is 27.8. The molecule has 1 saturated heterocycles. The Morgan fingerprint density at radius 3 is 2.64 bits per heavy atom. The lowest BCUT2D eigenvalue weighted by molar-refractivity contribution is 0.0827. The molecule has 4 aromatic rings. The van der Waals surface area contributed by atoms with Gasteiger partial charge in [-0.1, -0.05) is 0 Å². The number of aryl methyl sites for hydroxylation is 2. The van der Waals surface area contributed by atoms with E-state index in [1.807, 2.05) is 25.2 Å². The first kappa shape index (κ1) is 26.6. The maximum atomic E-state index is 12.8. The Morgan fingerprint density at radius 2 is 1.97 bits per heavy atom. The van der Waals surface area contributed by atoms with Gasteiger partial charge in [0.1, 0.15) is 5.65 Å². The van der Waals surface area contributed by atoms with Gasteiger partial charge in [0.2, 0.25) is 0 Å². The average Bonchev–Trinajstić information content (AvgIpc) is 3.24. The number of likely N-dealkylation sites (tertiary alicyclic amines) is 1. The summed E-state index contributed by atoms with van der Waals surface area (Å²) in [5.41, 5.74) is 6.38. The highest BCUT2D eigenvalue weighted by atomic mass is 16.2. The lowest BCUT2D eigenvalue weighted by atomic mass is 9.86. The molecular weight excluding hydrogens is 490 g/mol. The van der Waals surface area contributed by atoms with Crippen molar-refractivity contribution in [2.24, 2.45) is 7.05 Å². The minimum atomic E-state index is -0.0848. The van der Waals surface area contributed by atoms with Crippen molar-refractivity contribution in [2.45, 2.75) is 45.2 Å². The lowest BCUT2D eigenvalue weighted by Gasteiger charge is -2.38. The van der Waals surface area contributed by atoms with Crippen molar-refractivity contribution < 1.29 is 4.79 Å². The summed E-state index contributed by atoms with van der Waals surface area (Å²) < 4.78 is 3.81. The Balaban J connectivity index is 1.35. The molecule has 4 aromatic heterocycles. The number of nitrogens with zero attached hydrogens (tertiary/aromatic N) is 6. The van der Waals surface area contributed by atoms with Gasteiger partial charge in [0, 0.05) is 93.8 Å². The van der Waals surface area contributed by atoms with Crippen LogP contribution in [0.1, 0.15) is 53.0 Å². The maximum absolute atomic E-state index is 12.8. The second kappa shape index (κ2) is 10.6. The van der Waals surface area contributed by atoms with Crippen LogP contribution in [0, 0.1) is 6.92 Å². The summed E-state index contributed by atoms with van der Waals surface area (Å²) in [6.45, 7) is 6.10. The van der Waals surface area contributed by atoms with E-state index in [4.69, 9.17) is 4.98 Å². The third-order valence-corrected chi connectivity index (χ3v) is 8.01. The van der Waals surface area contributed by atoms with Gasteiger partial charge in [-0.2, -0.15) is 0 Å². The van der Waals surface area contributed by atoms with E-state index in [2.05, 4.69) is 39.7 Å². The molecule has 1 fully saturated rings. The largest absolute Gasteiger partial charge is 0.388 e. The Bertz CT molecular complexity index is 1590. The Labute approximate surface area is 229 Å². The second-order valence-electron chi connectivity index (χ2n) is 10.8. The standard InChI is InChI=1S/C30H37N7O2/c1-19-13-22(30(39)34(4)5)17-33-28(19)21-8-11-36(20(2)14-21)18-24-16-25-26(7-10-32-29(25)35(24)6)37-12-9-23(31-3)15-27(37)38/h7,9-10,12-13,15-17,20-21,31H,8,11,14,18H2,1-6H3/t20-,21?/m1/s1. The smallest absolute Gasteiger partial charge is 0.257 e. The number of rotatable bonds is 6. The van der Waals surface area contributed by atoms with Crippen molar-refractivity contribution >= 4 is 22.6 Å². The van der Waals surface area contributed by atoms with Crippen LogP contribution in [0.15, 0.2) is 53.7 Å². The Morgan fingerprint density at radius 1 is 1.18 bits per heavy atom. The molecule has 1 amide bonds. The number of nitrogens with one attached hydrogen (secondary N) is 1. The third-order valence-electron chi connectivity index (χ3n) is 8.01. The van der Waals surface area contributed by atoms with Crippen LogP contribution in [-0.2, 0) is 13.6 Å². The van der Waals surface area contributed by atoms with Crippen LogP contribution in [0.4, 0.5) is 5.69 Å². The van der Waals surface area contributed by atoms with Gasteiger partial charge in [-0.15, -0.1) is 0 Å². The van der Waals surface area contributed by atoms with E-state index >= 15 is 0 Å². The van der Waals surface area contributed by atoms with Crippen molar-refractivity contribution in [3.63, 3.8) is 0 Å². The topological polar surface area (TPSA) is 88.3 Å². The van der Waals surface area contributed by atoms with Gasteiger partial charge >= 0.3 is 0 Å². The molecule has 204 valence electrons. The van der Waals surface area contributed by atoms with Crippen LogP contribution in [0.2, 0.25) is 0 Å². The Hall–Kier alpha value is -3.98. The van der Waals surface area contributed by atoms with E-state index in [9.17, 15) is 9.59 Å². The number of hydrogen-bond acceptors (Lipinski definition) is 6. The maximum Gasteiger partial charge on any atom is 0.257 e. The number of carbonyl (C=O) groups excluding carboxylic acids is 1. The van der Waals surface area contributed by atoms with E-state index in [1.54, 1.807) is 55.3 Å². The molecule has 0 saturated carbocycles. The predicted octanol–water partition coefficient (Wildman–Crippen LogP) is 3.94. The molecular formula is C30H37N7O2. The van der Waals surface area contributed by atoms with Crippen LogP contribution in [0.25, 0.3) is 16.7 Å². The molecule has 39 heavy (non-hydrogen) atoms. The molecule has 1 N–H and O–H groups in total. The molecule has 1 unspecified atom stereocenters. The third kappa shape index (κ3) is 5.06. The lowest BCUT2D eigenvalue weighted by Crippen LogP contribution is -2.40. The molecule has 0 aliphatic carbocycles. The van der Waals surface area contributed by atoms with Crippen LogP contribution < -0.4 is 10.9 Å². The van der Waals surface area contributed by atoms with Gasteiger partial charge in [0.15, 0.2) is 0 Å². The first-order valence-electron chi connectivity index (χ1n) is 13.4. The number of aromatic nitrogens is 4. The van der Waals surface area contributed by atoms with Gasteiger partial charge in [-0.05, 0) is 63.1 Å². The fourth-order valence-corrected chi connectivity index (χ4v) is 5.75. The summed E-state index contributed by atoms with van der Waals surface area (Å²) in [6.07, 6.45) is 7.32. The minimum Gasteiger partial charge on any atom is -0.388 e. The highest BCUT2D eigenvalue weighted by Crippen LogP contribution is 2.34. The van der Waals surface area contributed by atoms with E-state index in [1.165, 1.54) is 0 Å². The quantitative estimate of drug-likeness (QED) is 0.409. The van der Waals surface area contributed by atoms with Crippen molar-refractivity contribution in [3.8, 4) is 5.69 Å². The summed E-state index contributed by atoms with van der Waals surface area (Å²) in [5, 5.41) is 3.98. The predicted molar refractivity (Wildman–Crippen MR) is 155 cm³/mol. The average molecular weight is 528 g/mol. The zero-order valence-corrected chi connectivity index (χ0v) is 23.6. The monoisotopic (exact) mass is 527 g/mol. The molecule has 9 heteroatoms. The number of amides is 1. The highest BCUT2D eigenvalue weighted by molar-refractivity contribution is 5.93. The van der Waals surface area contributed by atoms with Crippen molar-refractivity contribution in [1.29, 1.82) is 0 Å². The number of anilines is 1. The summed E-state index contributed by atoms with van der Waals surface area (Å²) in [5.74, 6) is 0.348. The second-order valence-corrected chi connectivity index (χ2v) is 10.8. The molecule has 2 atom stereocenters. The van der Waals surface area contributed by atoms with Gasteiger partial charge in [0.05, 0.1) is 11.3 Å². The fourth-order valence-electron chi connectivity index (χ4n) is 5.75.